The predicted octanol–water partition coefficient (Wildman–Crippen LogP) is 2.14. The van der Waals surface area contributed by atoms with E-state index in [9.17, 15) is 5.11 Å². The van der Waals surface area contributed by atoms with E-state index in [1.807, 2.05) is 12.3 Å². The van der Waals surface area contributed by atoms with Gasteiger partial charge in [-0.25, -0.2) is 4.98 Å². The van der Waals surface area contributed by atoms with E-state index in [0.717, 1.165) is 10.2 Å². The molecule has 0 aliphatic carbocycles. The molecule has 0 amide bonds. The maximum absolute atomic E-state index is 10.4. The van der Waals surface area contributed by atoms with Crippen LogP contribution in [0.4, 0.5) is 0 Å². The maximum Gasteiger partial charge on any atom is 0.148 e. The highest BCUT2D eigenvalue weighted by Crippen LogP contribution is 2.30. The molecular formula is C11H14BrN3O2S. The van der Waals surface area contributed by atoms with Crippen molar-refractivity contribution in [1.29, 1.82) is 0 Å². The van der Waals surface area contributed by atoms with Gasteiger partial charge in [-0.3, -0.25) is 4.68 Å². The Balaban J connectivity index is 2.28. The van der Waals surface area contributed by atoms with Crippen molar-refractivity contribution in [2.45, 2.75) is 19.6 Å². The molecule has 18 heavy (non-hydrogen) atoms. The Hall–Kier alpha value is -0.760. The summed E-state index contributed by atoms with van der Waals surface area (Å²) in [6, 6.07) is 0. The van der Waals surface area contributed by atoms with Gasteiger partial charge in [-0.05, 0) is 22.9 Å². The molecule has 2 aromatic rings. The lowest BCUT2D eigenvalue weighted by Crippen LogP contribution is -2.13. The third-order valence-corrected chi connectivity index (χ3v) is 4.10. The summed E-state index contributed by atoms with van der Waals surface area (Å²) in [5.41, 5.74) is 1.62. The zero-order valence-electron chi connectivity index (χ0n) is 10.1. The number of aliphatic hydroxyl groups excluding tert-OH is 1. The molecule has 0 spiro atoms. The van der Waals surface area contributed by atoms with Crippen LogP contribution in [0.3, 0.4) is 0 Å². The summed E-state index contributed by atoms with van der Waals surface area (Å²) < 4.78 is 7.54. The molecule has 2 aromatic heterocycles. The van der Waals surface area contributed by atoms with Crippen LogP contribution in [-0.4, -0.2) is 33.6 Å². The van der Waals surface area contributed by atoms with Crippen LogP contribution in [-0.2, 0) is 11.3 Å². The number of halogens is 1. The second-order valence-electron chi connectivity index (χ2n) is 3.82. The first-order chi connectivity index (χ1) is 8.63. The molecule has 0 fully saturated rings. The van der Waals surface area contributed by atoms with Crippen LogP contribution in [0.25, 0.3) is 0 Å². The van der Waals surface area contributed by atoms with Crippen LogP contribution in [0, 0.1) is 6.92 Å². The van der Waals surface area contributed by atoms with Gasteiger partial charge < -0.3 is 9.84 Å². The van der Waals surface area contributed by atoms with Crippen LogP contribution in [0.1, 0.15) is 22.5 Å². The fourth-order valence-electron chi connectivity index (χ4n) is 1.61. The molecule has 0 aliphatic heterocycles. The summed E-state index contributed by atoms with van der Waals surface area (Å²) in [5.74, 6) is 0. The Kier molecular flexibility index (Phi) is 4.50. The standard InChI is InChI=1S/C11H14BrN3O2S/c1-7-6-18-11(14-7)10(16)9-8(12)5-13-15(9)3-4-17-2/h5-6,10,16H,3-4H2,1-2H3. The molecule has 2 rings (SSSR count). The zero-order chi connectivity index (χ0) is 13.1. The van der Waals surface area contributed by atoms with Gasteiger partial charge in [0.15, 0.2) is 0 Å². The molecule has 7 heteroatoms. The number of hydrogen-bond acceptors (Lipinski definition) is 5. The van der Waals surface area contributed by atoms with Crippen molar-refractivity contribution in [1.82, 2.24) is 14.8 Å². The normalized spacial score (nSPS) is 12.9. The summed E-state index contributed by atoms with van der Waals surface area (Å²) >= 11 is 4.85. The lowest BCUT2D eigenvalue weighted by atomic mass is 10.2. The molecular weight excluding hydrogens is 318 g/mol. The van der Waals surface area contributed by atoms with Crippen molar-refractivity contribution in [3.8, 4) is 0 Å². The minimum absolute atomic E-state index is 0.546. The van der Waals surface area contributed by atoms with E-state index in [1.54, 1.807) is 18.0 Å². The van der Waals surface area contributed by atoms with Crippen LogP contribution >= 0.6 is 27.3 Å². The number of aromatic nitrogens is 3. The molecule has 0 radical (unpaired) electrons. The lowest BCUT2D eigenvalue weighted by Gasteiger charge is -2.12. The first-order valence-corrected chi connectivity index (χ1v) is 7.11. The van der Waals surface area contributed by atoms with Crippen molar-refractivity contribution in [2.24, 2.45) is 0 Å². The van der Waals surface area contributed by atoms with E-state index in [-0.39, 0.29) is 0 Å². The molecule has 0 aliphatic rings. The molecule has 0 saturated carbocycles. The number of aliphatic hydroxyl groups is 1. The van der Waals surface area contributed by atoms with E-state index in [1.165, 1.54) is 11.3 Å². The average molecular weight is 332 g/mol. The Morgan fingerprint density at radius 2 is 2.39 bits per heavy atom. The van der Waals surface area contributed by atoms with Crippen LogP contribution < -0.4 is 0 Å². The quantitative estimate of drug-likeness (QED) is 0.911. The summed E-state index contributed by atoms with van der Waals surface area (Å²) in [5, 5.41) is 17.2. The smallest absolute Gasteiger partial charge is 0.148 e. The Labute approximate surface area is 118 Å². The van der Waals surface area contributed by atoms with Gasteiger partial charge in [0.05, 0.1) is 29.5 Å². The molecule has 0 bridgehead atoms. The van der Waals surface area contributed by atoms with Crippen LogP contribution in [0.2, 0.25) is 0 Å². The largest absolute Gasteiger partial charge is 0.383 e. The molecule has 1 atom stereocenters. The Morgan fingerprint density at radius 3 is 3.00 bits per heavy atom. The van der Waals surface area contributed by atoms with E-state index in [0.29, 0.717) is 23.9 Å². The molecule has 2 heterocycles. The third kappa shape index (κ3) is 2.80. The van der Waals surface area contributed by atoms with E-state index in [2.05, 4.69) is 26.0 Å². The Morgan fingerprint density at radius 1 is 1.61 bits per heavy atom. The fraction of sp³-hybridized carbons (Fsp3) is 0.455. The zero-order valence-corrected chi connectivity index (χ0v) is 12.5. The topological polar surface area (TPSA) is 60.2 Å². The van der Waals surface area contributed by atoms with Crippen molar-refractivity contribution >= 4 is 27.3 Å². The van der Waals surface area contributed by atoms with Crippen molar-refractivity contribution in [2.75, 3.05) is 13.7 Å². The molecule has 98 valence electrons. The van der Waals surface area contributed by atoms with Gasteiger partial charge in [0.25, 0.3) is 0 Å². The SMILES string of the molecule is COCCn1ncc(Br)c1C(O)c1nc(C)cs1. The summed E-state index contributed by atoms with van der Waals surface area (Å²) in [6.07, 6.45) is 0.909. The molecule has 1 unspecified atom stereocenters. The molecule has 1 N–H and O–H groups in total. The minimum atomic E-state index is -0.766. The van der Waals surface area contributed by atoms with Crippen molar-refractivity contribution in [3.05, 3.63) is 32.4 Å². The first-order valence-electron chi connectivity index (χ1n) is 5.43. The lowest BCUT2D eigenvalue weighted by molar-refractivity contribution is 0.171. The maximum atomic E-state index is 10.4. The van der Waals surface area contributed by atoms with Gasteiger partial charge in [0.2, 0.25) is 0 Å². The first kappa shape index (κ1) is 13.7. The van der Waals surface area contributed by atoms with Gasteiger partial charge in [-0.15, -0.1) is 11.3 Å². The van der Waals surface area contributed by atoms with E-state index < -0.39 is 6.10 Å². The second-order valence-corrected chi connectivity index (χ2v) is 5.57. The van der Waals surface area contributed by atoms with Gasteiger partial charge in [0, 0.05) is 18.2 Å². The van der Waals surface area contributed by atoms with Gasteiger partial charge in [0.1, 0.15) is 11.1 Å². The predicted molar refractivity (Wildman–Crippen MR) is 72.7 cm³/mol. The highest BCUT2D eigenvalue weighted by Gasteiger charge is 2.21. The monoisotopic (exact) mass is 331 g/mol. The second kappa shape index (κ2) is 5.92. The summed E-state index contributed by atoms with van der Waals surface area (Å²) in [4.78, 5) is 4.30. The third-order valence-electron chi connectivity index (χ3n) is 2.47. The van der Waals surface area contributed by atoms with Crippen LogP contribution in [0.15, 0.2) is 16.0 Å². The minimum Gasteiger partial charge on any atom is -0.383 e. The van der Waals surface area contributed by atoms with Crippen molar-refractivity contribution in [3.63, 3.8) is 0 Å². The van der Waals surface area contributed by atoms with Crippen molar-refractivity contribution < 1.29 is 9.84 Å². The fourth-order valence-corrected chi connectivity index (χ4v) is 2.91. The van der Waals surface area contributed by atoms with Crippen LogP contribution in [0.5, 0.6) is 0 Å². The highest BCUT2D eigenvalue weighted by atomic mass is 79.9. The summed E-state index contributed by atoms with van der Waals surface area (Å²) in [7, 11) is 1.64. The van der Waals surface area contributed by atoms with Gasteiger partial charge in [-0.1, -0.05) is 0 Å². The number of aryl methyl sites for hydroxylation is 1. The number of rotatable bonds is 5. The summed E-state index contributed by atoms with van der Waals surface area (Å²) in [6.45, 7) is 3.05. The molecule has 0 saturated heterocycles. The average Bonchev–Trinajstić information content (AvgIpc) is 2.92. The molecule has 5 nitrogen and oxygen atoms in total. The number of ether oxygens (including phenoxy) is 1. The number of hydrogen-bond donors (Lipinski definition) is 1. The van der Waals surface area contributed by atoms with E-state index >= 15 is 0 Å². The number of methoxy groups -OCH3 is 1. The number of nitrogens with zero attached hydrogens (tertiary/aromatic N) is 3. The van der Waals surface area contributed by atoms with Gasteiger partial charge in [-0.2, -0.15) is 5.10 Å². The Bertz CT molecular complexity index is 526. The van der Waals surface area contributed by atoms with Gasteiger partial charge >= 0.3 is 0 Å². The van der Waals surface area contributed by atoms with E-state index in [4.69, 9.17) is 4.74 Å². The molecule has 0 aromatic carbocycles. The highest BCUT2D eigenvalue weighted by molar-refractivity contribution is 9.10. The number of thiazole rings is 1.